The number of nitrogens with zero attached hydrogens (tertiary/aromatic N) is 7. The Balaban J connectivity index is 1.29. The number of benzene rings is 1. The SMILES string of the molecule is Cc1nc2c(F)cc(-c3nc(Nc4ccc(N5CCN(CCC(=O)NO)CC5)cn4)ncc3F)cc2n1C(C)C. The molecule has 3 N–H and O–H groups in total. The Morgan fingerprint density at radius 3 is 2.50 bits per heavy atom. The maximum atomic E-state index is 15.0. The highest BCUT2D eigenvalue weighted by Gasteiger charge is 2.20. The summed E-state index contributed by atoms with van der Waals surface area (Å²) < 4.78 is 31.7. The van der Waals surface area contributed by atoms with E-state index in [2.05, 4.69) is 35.1 Å². The van der Waals surface area contributed by atoms with Crippen LogP contribution < -0.4 is 15.7 Å². The fourth-order valence-corrected chi connectivity index (χ4v) is 4.99. The largest absolute Gasteiger partial charge is 0.368 e. The molecule has 1 saturated heterocycles. The quantitative estimate of drug-likeness (QED) is 0.221. The van der Waals surface area contributed by atoms with Crippen LogP contribution in [0, 0.1) is 18.6 Å². The first-order valence-electron chi connectivity index (χ1n) is 13.1. The van der Waals surface area contributed by atoms with E-state index in [9.17, 15) is 13.6 Å². The highest BCUT2D eigenvalue weighted by Crippen LogP contribution is 2.30. The van der Waals surface area contributed by atoms with Gasteiger partial charge in [-0.3, -0.25) is 14.9 Å². The van der Waals surface area contributed by atoms with Gasteiger partial charge in [0.15, 0.2) is 11.6 Å². The molecule has 0 saturated carbocycles. The summed E-state index contributed by atoms with van der Waals surface area (Å²) >= 11 is 0. The van der Waals surface area contributed by atoms with Gasteiger partial charge in [-0.25, -0.2) is 34.2 Å². The molecule has 13 heteroatoms. The molecule has 4 heterocycles. The number of carbonyl (C=O) groups excluding carboxylic acids is 1. The molecular formula is C27H31F2N9O2. The molecule has 1 fully saturated rings. The van der Waals surface area contributed by atoms with Gasteiger partial charge < -0.3 is 14.8 Å². The van der Waals surface area contributed by atoms with Gasteiger partial charge in [0.2, 0.25) is 11.9 Å². The van der Waals surface area contributed by atoms with E-state index in [1.54, 1.807) is 23.8 Å². The van der Waals surface area contributed by atoms with Crippen LogP contribution in [0.5, 0.6) is 0 Å². The second-order valence-electron chi connectivity index (χ2n) is 9.98. The molecule has 40 heavy (non-hydrogen) atoms. The zero-order valence-corrected chi connectivity index (χ0v) is 22.5. The number of rotatable bonds is 8. The smallest absolute Gasteiger partial charge is 0.244 e. The van der Waals surface area contributed by atoms with E-state index >= 15 is 0 Å². The molecule has 0 aliphatic carbocycles. The van der Waals surface area contributed by atoms with Crippen LogP contribution in [-0.4, -0.2) is 73.2 Å². The lowest BCUT2D eigenvalue weighted by atomic mass is 10.1. The van der Waals surface area contributed by atoms with Crippen molar-refractivity contribution in [1.29, 1.82) is 0 Å². The van der Waals surface area contributed by atoms with E-state index in [0.717, 1.165) is 38.1 Å². The zero-order chi connectivity index (χ0) is 28.4. The Labute approximate surface area is 229 Å². The second-order valence-corrected chi connectivity index (χ2v) is 9.98. The number of aryl methyl sites for hydroxylation is 1. The first kappa shape index (κ1) is 27.3. The van der Waals surface area contributed by atoms with Crippen molar-refractivity contribution in [3.8, 4) is 11.3 Å². The lowest BCUT2D eigenvalue weighted by Crippen LogP contribution is -2.47. The van der Waals surface area contributed by atoms with Crippen molar-refractivity contribution in [2.75, 3.05) is 42.9 Å². The van der Waals surface area contributed by atoms with Crippen LogP contribution in [0.15, 0.2) is 36.7 Å². The summed E-state index contributed by atoms with van der Waals surface area (Å²) in [4.78, 5) is 32.8. The number of anilines is 3. The third-order valence-corrected chi connectivity index (χ3v) is 6.96. The summed E-state index contributed by atoms with van der Waals surface area (Å²) in [5, 5.41) is 11.6. The van der Waals surface area contributed by atoms with E-state index in [0.29, 0.717) is 23.7 Å². The molecular weight excluding hydrogens is 520 g/mol. The molecule has 5 rings (SSSR count). The maximum Gasteiger partial charge on any atom is 0.244 e. The van der Waals surface area contributed by atoms with E-state index in [1.165, 1.54) is 6.07 Å². The van der Waals surface area contributed by atoms with Crippen molar-refractivity contribution in [3.05, 3.63) is 54.1 Å². The van der Waals surface area contributed by atoms with Crippen LogP contribution in [0.25, 0.3) is 22.3 Å². The van der Waals surface area contributed by atoms with Gasteiger partial charge in [0.05, 0.1) is 23.6 Å². The summed E-state index contributed by atoms with van der Waals surface area (Å²) in [5.41, 5.74) is 3.67. The summed E-state index contributed by atoms with van der Waals surface area (Å²) in [7, 11) is 0. The molecule has 0 unspecified atom stereocenters. The van der Waals surface area contributed by atoms with Gasteiger partial charge in [-0.2, -0.15) is 0 Å². The monoisotopic (exact) mass is 551 g/mol. The molecule has 1 aromatic carbocycles. The first-order valence-corrected chi connectivity index (χ1v) is 13.1. The minimum absolute atomic E-state index is 0.0292. The average molecular weight is 552 g/mol. The van der Waals surface area contributed by atoms with Gasteiger partial charge in [0.25, 0.3) is 0 Å². The predicted octanol–water partition coefficient (Wildman–Crippen LogP) is 3.82. The Morgan fingerprint density at radius 1 is 1.05 bits per heavy atom. The van der Waals surface area contributed by atoms with Crippen molar-refractivity contribution in [3.63, 3.8) is 0 Å². The Morgan fingerprint density at radius 2 is 1.82 bits per heavy atom. The number of hydrogen-bond donors (Lipinski definition) is 3. The number of hydrogen-bond acceptors (Lipinski definition) is 9. The van der Waals surface area contributed by atoms with Crippen molar-refractivity contribution in [2.45, 2.75) is 33.2 Å². The van der Waals surface area contributed by atoms with Gasteiger partial charge >= 0.3 is 0 Å². The van der Waals surface area contributed by atoms with Gasteiger partial charge in [-0.15, -0.1) is 0 Å². The minimum atomic E-state index is -0.670. The molecule has 11 nitrogen and oxygen atoms in total. The number of carbonyl (C=O) groups is 1. The maximum absolute atomic E-state index is 15.0. The molecule has 1 aliphatic rings. The molecule has 0 atom stereocenters. The molecule has 1 amide bonds. The number of fused-ring (bicyclic) bond motifs is 1. The van der Waals surface area contributed by atoms with Crippen LogP contribution in [-0.2, 0) is 4.79 Å². The fourth-order valence-electron chi connectivity index (χ4n) is 4.99. The number of aromatic nitrogens is 5. The average Bonchev–Trinajstić information content (AvgIpc) is 3.30. The number of halogens is 2. The molecule has 0 bridgehead atoms. The molecule has 0 radical (unpaired) electrons. The third kappa shape index (κ3) is 5.70. The zero-order valence-electron chi connectivity index (χ0n) is 22.5. The summed E-state index contributed by atoms with van der Waals surface area (Å²) in [6.45, 7) is 9.48. The minimum Gasteiger partial charge on any atom is -0.368 e. The van der Waals surface area contributed by atoms with Crippen molar-refractivity contribution in [2.24, 2.45) is 0 Å². The standard InChI is InChI=1S/C27H31F2N9O2/c1-16(2)38-17(3)32-26-20(28)12-18(13-22(26)38)25-21(29)15-31-27(34-25)33-23-5-4-19(14-30-23)37-10-8-36(9-11-37)7-6-24(39)35-40/h4-5,12-16,40H,6-11H2,1-3H3,(H,35,39)(H,30,31,33,34). The van der Waals surface area contributed by atoms with Crippen molar-refractivity contribution >= 4 is 34.4 Å². The van der Waals surface area contributed by atoms with E-state index in [4.69, 9.17) is 5.21 Å². The lowest BCUT2D eigenvalue weighted by Gasteiger charge is -2.35. The molecule has 1 aliphatic heterocycles. The number of hydroxylamine groups is 1. The number of pyridine rings is 1. The third-order valence-electron chi connectivity index (χ3n) is 6.96. The van der Waals surface area contributed by atoms with Crippen molar-refractivity contribution in [1.82, 2.24) is 34.9 Å². The number of nitrogens with one attached hydrogen (secondary N) is 2. The second kappa shape index (κ2) is 11.5. The van der Waals surface area contributed by atoms with E-state index in [-0.39, 0.29) is 35.2 Å². The molecule has 210 valence electrons. The molecule has 0 spiro atoms. The normalized spacial score (nSPS) is 14.2. The van der Waals surface area contributed by atoms with Gasteiger partial charge in [-0.05, 0) is 45.0 Å². The Bertz CT molecular complexity index is 1520. The molecule has 3 aromatic heterocycles. The van der Waals surface area contributed by atoms with Gasteiger partial charge in [0.1, 0.15) is 22.9 Å². The summed E-state index contributed by atoms with van der Waals surface area (Å²) in [6.07, 6.45) is 3.04. The molecule has 4 aromatic rings. The highest BCUT2D eigenvalue weighted by atomic mass is 19.1. The Kier molecular flexibility index (Phi) is 7.85. The van der Waals surface area contributed by atoms with E-state index < -0.39 is 17.5 Å². The summed E-state index contributed by atoms with van der Waals surface area (Å²) in [5.74, 6) is -0.326. The number of imidazole rings is 1. The van der Waals surface area contributed by atoms with Crippen LogP contribution >= 0.6 is 0 Å². The van der Waals surface area contributed by atoms with Crippen LogP contribution in [0.2, 0.25) is 0 Å². The van der Waals surface area contributed by atoms with Crippen LogP contribution in [0.1, 0.15) is 32.1 Å². The fraction of sp³-hybridized carbons (Fsp3) is 0.370. The van der Waals surface area contributed by atoms with Gasteiger partial charge in [0, 0.05) is 50.7 Å². The van der Waals surface area contributed by atoms with Gasteiger partial charge in [-0.1, -0.05) is 0 Å². The van der Waals surface area contributed by atoms with Crippen LogP contribution in [0.4, 0.5) is 26.2 Å². The topological polar surface area (TPSA) is 124 Å². The Hall–Kier alpha value is -4.23. The van der Waals surface area contributed by atoms with Crippen LogP contribution in [0.3, 0.4) is 0 Å². The first-order chi connectivity index (χ1) is 19.2. The summed E-state index contributed by atoms with van der Waals surface area (Å²) in [6, 6.07) is 6.69. The number of piperazine rings is 1. The van der Waals surface area contributed by atoms with E-state index in [1.807, 2.05) is 31.4 Å². The number of amides is 1. The highest BCUT2D eigenvalue weighted by molar-refractivity contribution is 5.83. The lowest BCUT2D eigenvalue weighted by molar-refractivity contribution is -0.129. The van der Waals surface area contributed by atoms with Crippen molar-refractivity contribution < 1.29 is 18.8 Å². The predicted molar refractivity (Wildman–Crippen MR) is 147 cm³/mol.